The fraction of sp³-hybridized carbons (Fsp3) is 0.0377. The van der Waals surface area contributed by atoms with Crippen LogP contribution in [0.3, 0.4) is 0 Å². The molecule has 0 bridgehead atoms. The highest BCUT2D eigenvalue weighted by Gasteiger charge is 2.19. The summed E-state index contributed by atoms with van der Waals surface area (Å²) in [5.74, 6) is 1.74. The van der Waals surface area contributed by atoms with Gasteiger partial charge in [-0.2, -0.15) is 0 Å². The van der Waals surface area contributed by atoms with E-state index < -0.39 is 0 Å². The van der Waals surface area contributed by atoms with Crippen molar-refractivity contribution < 1.29 is 13.3 Å². The number of para-hydroxylation sites is 3. The molecule has 0 atom stereocenters. The SMILES string of the molecule is CC.c1ccc(-c2nc(-c3cccc(-c4cccc(-c5ccc6oc7cc8oc9ccccc9c8cc7c6c5)c4)c3)nc(-c3cccc4c3oc3ccccc34)n2)cc1. The van der Waals surface area contributed by atoms with Crippen molar-refractivity contribution in [1.82, 2.24) is 15.0 Å². The van der Waals surface area contributed by atoms with Gasteiger partial charge in [-0.3, -0.25) is 0 Å². The standard InChI is InChI=1S/C51H29N3O3.C2H6/c1-2-11-30(12-3-1)49-52-50(54-51(53-49)39-20-10-19-38-36-17-4-7-22-44(36)57-48(38)39)35-16-9-15-33(26-35)31-13-8-14-32(25-31)34-23-24-45-40(27-34)42-28-41-37-18-5-6-21-43(37)55-46(41)29-47(42)56-45;1-2/h1-29H;1-2H3. The van der Waals surface area contributed by atoms with Gasteiger partial charge in [-0.25, -0.2) is 15.0 Å². The quantitative estimate of drug-likeness (QED) is 0.174. The molecule has 0 saturated carbocycles. The van der Waals surface area contributed by atoms with Crippen molar-refractivity contribution in [1.29, 1.82) is 0 Å². The van der Waals surface area contributed by atoms with Crippen LogP contribution >= 0.6 is 0 Å². The summed E-state index contributed by atoms with van der Waals surface area (Å²) < 4.78 is 18.9. The van der Waals surface area contributed by atoms with Crippen molar-refractivity contribution in [2.45, 2.75) is 13.8 Å². The third-order valence-electron chi connectivity index (χ3n) is 10.9. The lowest BCUT2D eigenvalue weighted by atomic mass is 9.97. The van der Waals surface area contributed by atoms with Crippen LogP contribution in [0.15, 0.2) is 189 Å². The molecule has 12 rings (SSSR count). The van der Waals surface area contributed by atoms with Crippen LogP contribution in [0, 0.1) is 0 Å². The van der Waals surface area contributed by atoms with Crippen molar-refractivity contribution >= 4 is 65.8 Å². The van der Waals surface area contributed by atoms with Gasteiger partial charge in [-0.1, -0.05) is 135 Å². The van der Waals surface area contributed by atoms with Crippen LogP contribution in [0.2, 0.25) is 0 Å². The van der Waals surface area contributed by atoms with E-state index in [4.69, 9.17) is 28.2 Å². The minimum absolute atomic E-state index is 0.555. The van der Waals surface area contributed by atoms with E-state index >= 15 is 0 Å². The first-order valence-electron chi connectivity index (χ1n) is 19.9. The van der Waals surface area contributed by atoms with Crippen LogP contribution in [0.5, 0.6) is 0 Å². The molecule has 0 aliphatic rings. The molecule has 6 nitrogen and oxygen atoms in total. The van der Waals surface area contributed by atoms with Gasteiger partial charge in [0.2, 0.25) is 0 Å². The van der Waals surface area contributed by atoms with Crippen LogP contribution in [0.4, 0.5) is 0 Å². The van der Waals surface area contributed by atoms with Crippen molar-refractivity contribution in [2.24, 2.45) is 0 Å². The lowest BCUT2D eigenvalue weighted by molar-refractivity contribution is 0.656. The Hall–Kier alpha value is -7.83. The lowest BCUT2D eigenvalue weighted by Crippen LogP contribution is -2.00. The Morgan fingerprint density at radius 3 is 1.49 bits per heavy atom. The number of rotatable bonds is 5. The summed E-state index contributed by atoms with van der Waals surface area (Å²) in [4.78, 5) is 15.2. The predicted molar refractivity (Wildman–Crippen MR) is 240 cm³/mol. The topological polar surface area (TPSA) is 78.1 Å². The fourth-order valence-electron chi connectivity index (χ4n) is 8.16. The minimum atomic E-state index is 0.555. The lowest BCUT2D eigenvalue weighted by Gasteiger charge is -2.10. The van der Waals surface area contributed by atoms with E-state index in [2.05, 4.69) is 91.0 Å². The highest BCUT2D eigenvalue weighted by molar-refractivity contribution is 6.15. The zero-order valence-corrected chi connectivity index (χ0v) is 32.3. The maximum absolute atomic E-state index is 6.41. The molecule has 0 unspecified atom stereocenters. The Labute approximate surface area is 339 Å². The molecule has 0 saturated heterocycles. The zero-order chi connectivity index (χ0) is 39.5. The summed E-state index contributed by atoms with van der Waals surface area (Å²) in [7, 11) is 0. The molecule has 8 aromatic carbocycles. The second-order valence-corrected chi connectivity index (χ2v) is 14.4. The number of aromatic nitrogens is 3. The van der Waals surface area contributed by atoms with E-state index in [0.29, 0.717) is 17.5 Å². The van der Waals surface area contributed by atoms with Gasteiger partial charge in [0.15, 0.2) is 17.5 Å². The first kappa shape index (κ1) is 34.4. The van der Waals surface area contributed by atoms with Gasteiger partial charge in [0.1, 0.15) is 33.5 Å². The monoisotopic (exact) mass is 761 g/mol. The Balaban J connectivity index is 0.00000196. The molecule has 4 heterocycles. The van der Waals surface area contributed by atoms with Crippen molar-refractivity contribution in [3.05, 3.63) is 176 Å². The maximum Gasteiger partial charge on any atom is 0.167 e. The Morgan fingerprint density at radius 2 is 0.763 bits per heavy atom. The van der Waals surface area contributed by atoms with Crippen LogP contribution in [0.1, 0.15) is 13.8 Å². The van der Waals surface area contributed by atoms with Crippen molar-refractivity contribution in [2.75, 3.05) is 0 Å². The summed E-state index contributed by atoms with van der Waals surface area (Å²) in [5, 5.41) is 6.41. The molecule has 12 aromatic rings. The minimum Gasteiger partial charge on any atom is -0.456 e. The van der Waals surface area contributed by atoms with Gasteiger partial charge in [-0.05, 0) is 70.8 Å². The third-order valence-corrected chi connectivity index (χ3v) is 10.9. The predicted octanol–water partition coefficient (Wildman–Crippen LogP) is 14.9. The molecule has 280 valence electrons. The van der Waals surface area contributed by atoms with E-state index in [1.807, 2.05) is 98.8 Å². The number of hydrogen-bond donors (Lipinski definition) is 0. The van der Waals surface area contributed by atoms with E-state index in [1.54, 1.807) is 0 Å². The van der Waals surface area contributed by atoms with E-state index in [1.165, 1.54) is 0 Å². The van der Waals surface area contributed by atoms with Crippen LogP contribution in [-0.4, -0.2) is 15.0 Å². The normalized spacial score (nSPS) is 11.6. The van der Waals surface area contributed by atoms with E-state index in [0.717, 1.165) is 105 Å². The molecule has 0 aliphatic heterocycles. The number of furan rings is 3. The summed E-state index contributed by atoms with van der Waals surface area (Å²) in [6, 6.07) is 60.1. The number of fused-ring (bicyclic) bond motifs is 9. The van der Waals surface area contributed by atoms with Crippen molar-refractivity contribution in [3.8, 4) is 56.4 Å². The molecule has 0 radical (unpaired) electrons. The van der Waals surface area contributed by atoms with E-state index in [9.17, 15) is 0 Å². The fourth-order valence-corrected chi connectivity index (χ4v) is 8.16. The molecule has 0 fully saturated rings. The Kier molecular flexibility index (Phi) is 8.15. The molecule has 6 heteroatoms. The second-order valence-electron chi connectivity index (χ2n) is 14.4. The molecule has 0 spiro atoms. The highest BCUT2D eigenvalue weighted by atomic mass is 16.3. The molecule has 0 aliphatic carbocycles. The average molecular weight is 762 g/mol. The Bertz CT molecular complexity index is 3540. The summed E-state index contributed by atoms with van der Waals surface area (Å²) >= 11 is 0. The smallest absolute Gasteiger partial charge is 0.167 e. The first-order chi connectivity index (χ1) is 29.2. The number of nitrogens with zero attached hydrogens (tertiary/aromatic N) is 3. The van der Waals surface area contributed by atoms with Gasteiger partial charge in [-0.15, -0.1) is 0 Å². The average Bonchev–Trinajstić information content (AvgIpc) is 3.99. The zero-order valence-electron chi connectivity index (χ0n) is 32.3. The summed E-state index contributed by atoms with van der Waals surface area (Å²) in [5.41, 5.74) is 11.9. The molecule has 0 amide bonds. The number of benzene rings is 8. The largest absolute Gasteiger partial charge is 0.456 e. The van der Waals surface area contributed by atoms with Crippen molar-refractivity contribution in [3.63, 3.8) is 0 Å². The highest BCUT2D eigenvalue weighted by Crippen LogP contribution is 2.40. The molecular weight excluding hydrogens is 727 g/mol. The molecule has 4 aromatic heterocycles. The maximum atomic E-state index is 6.41. The van der Waals surface area contributed by atoms with Crippen LogP contribution in [-0.2, 0) is 0 Å². The molecule has 0 N–H and O–H groups in total. The Morgan fingerprint density at radius 1 is 0.288 bits per heavy atom. The van der Waals surface area contributed by atoms with Gasteiger partial charge in [0.05, 0.1) is 5.56 Å². The molecule has 59 heavy (non-hydrogen) atoms. The number of hydrogen-bond acceptors (Lipinski definition) is 6. The second kappa shape index (κ2) is 14.0. The van der Waals surface area contributed by atoms with Gasteiger partial charge in [0, 0.05) is 49.5 Å². The summed E-state index contributed by atoms with van der Waals surface area (Å²) in [6.45, 7) is 4.00. The van der Waals surface area contributed by atoms with E-state index in [-0.39, 0.29) is 0 Å². The van der Waals surface area contributed by atoms with Gasteiger partial charge in [0.25, 0.3) is 0 Å². The van der Waals surface area contributed by atoms with Gasteiger partial charge < -0.3 is 13.3 Å². The first-order valence-corrected chi connectivity index (χ1v) is 19.9. The third kappa shape index (κ3) is 5.84. The summed E-state index contributed by atoms with van der Waals surface area (Å²) in [6.07, 6.45) is 0. The van der Waals surface area contributed by atoms with Gasteiger partial charge >= 0.3 is 0 Å². The molecular formula is C53H35N3O3. The van der Waals surface area contributed by atoms with Crippen LogP contribution < -0.4 is 0 Å². The van der Waals surface area contributed by atoms with Crippen LogP contribution in [0.25, 0.3) is 122 Å².